The van der Waals surface area contributed by atoms with E-state index >= 15 is 0 Å². The number of thiocarbonyl (C=S) groups is 1. The first-order chi connectivity index (χ1) is 13.5. The van der Waals surface area contributed by atoms with Crippen LogP contribution < -0.4 is 0 Å². The van der Waals surface area contributed by atoms with Gasteiger partial charge in [-0.1, -0.05) is 90.7 Å². The zero-order valence-electron chi connectivity index (χ0n) is 15.2. The average molecular weight is 410 g/mol. The summed E-state index contributed by atoms with van der Waals surface area (Å²) >= 11 is 6.48. The van der Waals surface area contributed by atoms with E-state index in [1.54, 1.807) is 6.08 Å². The second kappa shape index (κ2) is 8.99. The van der Waals surface area contributed by atoms with Gasteiger partial charge in [-0.05, 0) is 29.7 Å². The number of carboxylic acid groups (broad SMARTS) is 1. The van der Waals surface area contributed by atoms with Crippen LogP contribution in [-0.2, 0) is 16.0 Å². The van der Waals surface area contributed by atoms with Crippen molar-refractivity contribution in [3.63, 3.8) is 0 Å². The first kappa shape index (κ1) is 20.0. The van der Waals surface area contributed by atoms with Gasteiger partial charge >= 0.3 is 5.97 Å². The fourth-order valence-corrected chi connectivity index (χ4v) is 4.34. The molecule has 1 unspecified atom stereocenters. The standard InChI is InChI=1S/C22H19NO3S2/c1-15(12-16-8-4-2-5-9-16)13-19-20(24)23(22(27)28-19)18(21(25)26)14-17-10-6-3-7-11-17/h2-13,18H,14H2,1H3,(H,25,26)/b15-12+,19-13-. The second-order valence-corrected chi connectivity index (χ2v) is 8.07. The van der Waals surface area contributed by atoms with E-state index in [-0.39, 0.29) is 16.6 Å². The third-order valence-corrected chi connectivity index (χ3v) is 5.58. The summed E-state index contributed by atoms with van der Waals surface area (Å²) in [5.41, 5.74) is 2.76. The molecular weight excluding hydrogens is 390 g/mol. The molecule has 6 heteroatoms. The summed E-state index contributed by atoms with van der Waals surface area (Å²) in [5, 5.41) is 9.70. The van der Waals surface area contributed by atoms with Gasteiger partial charge in [0.15, 0.2) is 0 Å². The largest absolute Gasteiger partial charge is 0.480 e. The van der Waals surface area contributed by atoms with Crippen LogP contribution in [0.2, 0.25) is 0 Å². The number of thioether (sulfide) groups is 1. The normalized spacial score (nSPS) is 17.2. The van der Waals surface area contributed by atoms with E-state index in [2.05, 4.69) is 0 Å². The van der Waals surface area contributed by atoms with Crippen LogP contribution >= 0.6 is 24.0 Å². The number of carboxylic acids is 1. The Bertz CT molecular complexity index is 952. The summed E-state index contributed by atoms with van der Waals surface area (Å²) in [6.07, 6.45) is 3.92. The first-order valence-corrected chi connectivity index (χ1v) is 9.95. The van der Waals surface area contributed by atoms with Crippen LogP contribution in [0.5, 0.6) is 0 Å². The van der Waals surface area contributed by atoms with E-state index in [0.29, 0.717) is 4.91 Å². The molecule has 1 saturated heterocycles. The van der Waals surface area contributed by atoms with Gasteiger partial charge in [0.25, 0.3) is 5.91 Å². The van der Waals surface area contributed by atoms with Crippen LogP contribution in [0.3, 0.4) is 0 Å². The molecule has 2 aromatic rings. The number of carbonyl (C=O) groups is 2. The summed E-state index contributed by atoms with van der Waals surface area (Å²) < 4.78 is 0.270. The monoisotopic (exact) mass is 409 g/mol. The fraction of sp³-hybridized carbons (Fsp3) is 0.136. The molecule has 0 radical (unpaired) electrons. The topological polar surface area (TPSA) is 57.6 Å². The van der Waals surface area contributed by atoms with Crippen molar-refractivity contribution >= 4 is 46.3 Å². The van der Waals surface area contributed by atoms with Crippen LogP contribution in [0.4, 0.5) is 0 Å². The number of amides is 1. The molecule has 1 aliphatic rings. The maximum absolute atomic E-state index is 12.9. The molecule has 0 aliphatic carbocycles. The molecule has 1 aliphatic heterocycles. The van der Waals surface area contributed by atoms with Gasteiger partial charge in [0, 0.05) is 6.42 Å². The van der Waals surface area contributed by atoms with Crippen molar-refractivity contribution in [1.82, 2.24) is 4.90 Å². The Balaban J connectivity index is 1.83. The molecule has 0 bridgehead atoms. The van der Waals surface area contributed by atoms with Gasteiger partial charge in [-0.25, -0.2) is 4.79 Å². The molecular formula is C22H19NO3S2. The number of rotatable bonds is 6. The van der Waals surface area contributed by atoms with Gasteiger partial charge in [0.2, 0.25) is 0 Å². The van der Waals surface area contributed by atoms with Crippen LogP contribution in [-0.4, -0.2) is 32.2 Å². The molecule has 142 valence electrons. The van der Waals surface area contributed by atoms with Crippen molar-refractivity contribution in [2.45, 2.75) is 19.4 Å². The number of aliphatic carboxylic acids is 1. The molecule has 4 nitrogen and oxygen atoms in total. The number of carbonyl (C=O) groups excluding carboxylic acids is 1. The Morgan fingerprint density at radius 2 is 1.75 bits per heavy atom. The molecule has 0 spiro atoms. The highest BCUT2D eigenvalue weighted by Gasteiger charge is 2.40. The highest BCUT2D eigenvalue weighted by Crippen LogP contribution is 2.34. The van der Waals surface area contributed by atoms with Crippen LogP contribution in [0.15, 0.2) is 77.2 Å². The van der Waals surface area contributed by atoms with Gasteiger partial charge in [-0.15, -0.1) is 0 Å². The Morgan fingerprint density at radius 3 is 2.36 bits per heavy atom. The van der Waals surface area contributed by atoms with Crippen molar-refractivity contribution in [3.05, 3.63) is 88.3 Å². The highest BCUT2D eigenvalue weighted by molar-refractivity contribution is 8.26. The number of hydrogen-bond acceptors (Lipinski definition) is 4. The highest BCUT2D eigenvalue weighted by atomic mass is 32.2. The SMILES string of the molecule is CC(/C=C1\SC(=S)N(C(Cc2ccccc2)C(=O)O)C1=O)=C\c1ccccc1. The summed E-state index contributed by atoms with van der Waals surface area (Å²) in [7, 11) is 0. The van der Waals surface area contributed by atoms with E-state index in [1.165, 1.54) is 4.90 Å². The van der Waals surface area contributed by atoms with Crippen LogP contribution in [0.25, 0.3) is 6.08 Å². The molecule has 0 aromatic heterocycles. The number of nitrogens with zero attached hydrogens (tertiary/aromatic N) is 1. The van der Waals surface area contributed by atoms with E-state index in [9.17, 15) is 14.7 Å². The summed E-state index contributed by atoms with van der Waals surface area (Å²) in [6.45, 7) is 1.90. The third-order valence-electron chi connectivity index (χ3n) is 4.24. The van der Waals surface area contributed by atoms with Crippen LogP contribution in [0.1, 0.15) is 18.1 Å². The van der Waals surface area contributed by atoms with E-state index in [1.807, 2.05) is 73.7 Å². The van der Waals surface area contributed by atoms with Crippen LogP contribution in [0, 0.1) is 0 Å². The maximum Gasteiger partial charge on any atom is 0.327 e. The fourth-order valence-electron chi connectivity index (χ4n) is 2.94. The predicted molar refractivity (Wildman–Crippen MR) is 117 cm³/mol. The molecule has 0 saturated carbocycles. The molecule has 1 atom stereocenters. The van der Waals surface area contributed by atoms with E-state index in [0.717, 1.165) is 28.5 Å². The summed E-state index contributed by atoms with van der Waals surface area (Å²) in [6, 6.07) is 18.0. The Hall–Kier alpha value is -2.70. The van der Waals surface area contributed by atoms with Gasteiger partial charge in [-0.3, -0.25) is 9.69 Å². The Labute approximate surface area is 173 Å². The first-order valence-electron chi connectivity index (χ1n) is 8.73. The van der Waals surface area contributed by atoms with Crippen molar-refractivity contribution in [1.29, 1.82) is 0 Å². The van der Waals surface area contributed by atoms with Crippen molar-refractivity contribution < 1.29 is 14.7 Å². The lowest BCUT2D eigenvalue weighted by molar-refractivity contribution is -0.145. The van der Waals surface area contributed by atoms with Gasteiger partial charge in [0.1, 0.15) is 10.4 Å². The zero-order chi connectivity index (χ0) is 20.1. The lowest BCUT2D eigenvalue weighted by Gasteiger charge is -2.23. The second-order valence-electron chi connectivity index (χ2n) is 6.39. The number of hydrogen-bond donors (Lipinski definition) is 1. The summed E-state index contributed by atoms with van der Waals surface area (Å²) in [5.74, 6) is -1.43. The molecule has 3 rings (SSSR count). The van der Waals surface area contributed by atoms with Gasteiger partial charge in [0.05, 0.1) is 4.91 Å². The van der Waals surface area contributed by atoms with E-state index < -0.39 is 12.0 Å². The zero-order valence-corrected chi connectivity index (χ0v) is 16.9. The molecule has 1 fully saturated rings. The quantitative estimate of drug-likeness (QED) is 0.561. The minimum Gasteiger partial charge on any atom is -0.480 e. The molecule has 1 amide bonds. The lowest BCUT2D eigenvalue weighted by atomic mass is 10.0. The minimum atomic E-state index is -1.07. The van der Waals surface area contributed by atoms with E-state index in [4.69, 9.17) is 12.2 Å². The molecule has 1 heterocycles. The number of allylic oxidation sites excluding steroid dienone is 2. The predicted octanol–water partition coefficient (Wildman–Crippen LogP) is 4.53. The number of benzene rings is 2. The molecule has 28 heavy (non-hydrogen) atoms. The third kappa shape index (κ3) is 4.77. The maximum atomic E-state index is 12.9. The minimum absolute atomic E-state index is 0.203. The summed E-state index contributed by atoms with van der Waals surface area (Å²) in [4.78, 5) is 26.4. The van der Waals surface area contributed by atoms with Crippen molar-refractivity contribution in [3.8, 4) is 0 Å². The molecule has 1 N–H and O–H groups in total. The molecule has 2 aromatic carbocycles. The smallest absolute Gasteiger partial charge is 0.327 e. The Morgan fingerprint density at radius 1 is 1.14 bits per heavy atom. The van der Waals surface area contributed by atoms with Crippen molar-refractivity contribution in [2.24, 2.45) is 0 Å². The van der Waals surface area contributed by atoms with Gasteiger partial charge in [-0.2, -0.15) is 0 Å². The lowest BCUT2D eigenvalue weighted by Crippen LogP contribution is -2.45. The Kier molecular flexibility index (Phi) is 6.44. The van der Waals surface area contributed by atoms with Crippen molar-refractivity contribution in [2.75, 3.05) is 0 Å². The average Bonchev–Trinajstić information content (AvgIpc) is 2.94. The van der Waals surface area contributed by atoms with Gasteiger partial charge < -0.3 is 5.11 Å².